The highest BCUT2D eigenvalue weighted by Gasteiger charge is 2.06. The number of halogens is 1. The van der Waals surface area contributed by atoms with Crippen molar-refractivity contribution in [1.82, 2.24) is 0 Å². The number of rotatable bonds is 3. The molecule has 2 nitrogen and oxygen atoms in total. The summed E-state index contributed by atoms with van der Waals surface area (Å²) in [7, 11) is 0. The van der Waals surface area contributed by atoms with Crippen molar-refractivity contribution in [3.63, 3.8) is 0 Å². The lowest BCUT2D eigenvalue weighted by molar-refractivity contribution is 0.470. The van der Waals surface area contributed by atoms with E-state index in [1.807, 2.05) is 25.1 Å². The van der Waals surface area contributed by atoms with Gasteiger partial charge in [0.05, 0.1) is 0 Å². The van der Waals surface area contributed by atoms with E-state index in [1.54, 1.807) is 19.1 Å². The van der Waals surface area contributed by atoms with Crippen LogP contribution in [0.1, 0.15) is 16.7 Å². The van der Waals surface area contributed by atoms with Crippen LogP contribution in [-0.4, -0.2) is 0 Å². The second-order valence-electron chi connectivity index (χ2n) is 4.33. The van der Waals surface area contributed by atoms with Gasteiger partial charge in [-0.15, -0.1) is 0 Å². The molecule has 0 spiro atoms. The summed E-state index contributed by atoms with van der Waals surface area (Å²) in [5.74, 6) is 0.886. The van der Waals surface area contributed by atoms with Crippen molar-refractivity contribution in [2.75, 3.05) is 0 Å². The maximum Gasteiger partial charge on any atom is 0.131 e. The predicted molar refractivity (Wildman–Crippen MR) is 70.3 cm³/mol. The maximum absolute atomic E-state index is 13.4. The van der Waals surface area contributed by atoms with Gasteiger partial charge in [0, 0.05) is 18.2 Å². The highest BCUT2D eigenvalue weighted by molar-refractivity contribution is 5.40. The molecule has 0 amide bonds. The molecule has 18 heavy (non-hydrogen) atoms. The lowest BCUT2D eigenvalue weighted by atomic mass is 10.1. The van der Waals surface area contributed by atoms with Crippen LogP contribution in [0.3, 0.4) is 0 Å². The van der Waals surface area contributed by atoms with Gasteiger partial charge in [-0.25, -0.2) is 4.39 Å². The van der Waals surface area contributed by atoms with Gasteiger partial charge in [-0.1, -0.05) is 23.8 Å². The Kier molecular flexibility index (Phi) is 3.63. The first kappa shape index (κ1) is 12.6. The van der Waals surface area contributed by atoms with Crippen LogP contribution in [0.25, 0.3) is 0 Å². The number of benzene rings is 2. The summed E-state index contributed by atoms with van der Waals surface area (Å²) in [4.78, 5) is 0. The van der Waals surface area contributed by atoms with Crippen LogP contribution >= 0.6 is 0 Å². The summed E-state index contributed by atoms with van der Waals surface area (Å²) < 4.78 is 19.1. The average Bonchev–Trinajstić information content (AvgIpc) is 2.36. The summed E-state index contributed by atoms with van der Waals surface area (Å²) in [6.07, 6.45) is 0. The molecule has 0 unspecified atom stereocenters. The predicted octanol–water partition coefficient (Wildman–Crippen LogP) is 3.69. The highest BCUT2D eigenvalue weighted by Crippen LogP contribution is 2.27. The Labute approximate surface area is 106 Å². The molecule has 0 aromatic heterocycles. The van der Waals surface area contributed by atoms with Crippen LogP contribution in [-0.2, 0) is 6.54 Å². The van der Waals surface area contributed by atoms with Gasteiger partial charge in [0.25, 0.3) is 0 Å². The first-order valence-corrected chi connectivity index (χ1v) is 5.84. The van der Waals surface area contributed by atoms with Crippen LogP contribution in [0.15, 0.2) is 36.4 Å². The molecule has 0 aliphatic carbocycles. The molecule has 94 valence electrons. The molecule has 0 aliphatic rings. The number of hydrogen-bond acceptors (Lipinski definition) is 2. The summed E-state index contributed by atoms with van der Waals surface area (Å²) in [6.45, 7) is 4.11. The molecule has 0 bridgehead atoms. The van der Waals surface area contributed by atoms with Crippen molar-refractivity contribution in [3.8, 4) is 11.5 Å². The Bertz CT molecular complexity index is 566. The molecule has 2 rings (SSSR count). The minimum Gasteiger partial charge on any atom is -0.457 e. The zero-order valence-corrected chi connectivity index (χ0v) is 10.5. The number of hydrogen-bond donors (Lipinski definition) is 1. The Hall–Kier alpha value is -1.87. The number of nitrogens with two attached hydrogens (primary N) is 1. The van der Waals surface area contributed by atoms with Crippen LogP contribution in [0, 0.1) is 19.7 Å². The summed E-state index contributed by atoms with van der Waals surface area (Å²) >= 11 is 0. The highest BCUT2D eigenvalue weighted by atomic mass is 19.1. The Morgan fingerprint density at radius 2 is 1.89 bits per heavy atom. The van der Waals surface area contributed by atoms with Gasteiger partial charge >= 0.3 is 0 Å². The van der Waals surface area contributed by atoms with E-state index in [2.05, 4.69) is 0 Å². The second kappa shape index (κ2) is 5.19. The summed E-state index contributed by atoms with van der Waals surface area (Å²) in [5, 5.41) is 0. The molecule has 0 saturated heterocycles. The van der Waals surface area contributed by atoms with Gasteiger partial charge in [0.1, 0.15) is 17.3 Å². The van der Waals surface area contributed by atoms with Crippen molar-refractivity contribution < 1.29 is 9.13 Å². The minimum absolute atomic E-state index is 0.270. The fourth-order valence-electron chi connectivity index (χ4n) is 1.73. The van der Waals surface area contributed by atoms with Gasteiger partial charge < -0.3 is 10.5 Å². The SMILES string of the molecule is Cc1ccc(Oc2ccc(C)c(F)c2)c(CN)c1. The zero-order valence-electron chi connectivity index (χ0n) is 10.5. The second-order valence-corrected chi connectivity index (χ2v) is 4.33. The first-order valence-electron chi connectivity index (χ1n) is 5.84. The van der Waals surface area contributed by atoms with E-state index in [9.17, 15) is 4.39 Å². The normalized spacial score (nSPS) is 10.4. The van der Waals surface area contributed by atoms with Crippen molar-refractivity contribution in [3.05, 3.63) is 58.9 Å². The number of aryl methyl sites for hydroxylation is 2. The van der Waals surface area contributed by atoms with Gasteiger partial charge in [-0.2, -0.15) is 0 Å². The Morgan fingerprint density at radius 1 is 1.11 bits per heavy atom. The molecule has 3 heteroatoms. The molecule has 0 heterocycles. The summed E-state index contributed by atoms with van der Waals surface area (Å²) in [6, 6.07) is 10.6. The third-order valence-electron chi connectivity index (χ3n) is 2.81. The quantitative estimate of drug-likeness (QED) is 0.895. The third kappa shape index (κ3) is 2.68. The lowest BCUT2D eigenvalue weighted by Crippen LogP contribution is -2.00. The van der Waals surface area contributed by atoms with Gasteiger partial charge in [-0.05, 0) is 31.5 Å². The Morgan fingerprint density at radius 3 is 2.56 bits per heavy atom. The third-order valence-corrected chi connectivity index (χ3v) is 2.81. The van der Waals surface area contributed by atoms with E-state index in [4.69, 9.17) is 10.5 Å². The average molecular weight is 245 g/mol. The van der Waals surface area contributed by atoms with E-state index in [-0.39, 0.29) is 5.82 Å². The fourth-order valence-corrected chi connectivity index (χ4v) is 1.73. The van der Waals surface area contributed by atoms with E-state index in [0.29, 0.717) is 23.6 Å². The first-order chi connectivity index (χ1) is 8.60. The van der Waals surface area contributed by atoms with E-state index >= 15 is 0 Å². The lowest BCUT2D eigenvalue weighted by Gasteiger charge is -2.11. The molecule has 0 radical (unpaired) electrons. The van der Waals surface area contributed by atoms with Crippen molar-refractivity contribution in [2.45, 2.75) is 20.4 Å². The molecule has 0 saturated carbocycles. The van der Waals surface area contributed by atoms with Crippen LogP contribution in [0.2, 0.25) is 0 Å². The molecule has 2 aromatic rings. The van der Waals surface area contributed by atoms with Crippen LogP contribution in [0.4, 0.5) is 4.39 Å². The zero-order chi connectivity index (χ0) is 13.1. The molecule has 2 aromatic carbocycles. The molecular weight excluding hydrogens is 229 g/mol. The fraction of sp³-hybridized carbons (Fsp3) is 0.200. The van der Waals surface area contributed by atoms with Gasteiger partial charge in [-0.3, -0.25) is 0 Å². The molecule has 2 N–H and O–H groups in total. The van der Waals surface area contributed by atoms with E-state index < -0.39 is 0 Å². The smallest absolute Gasteiger partial charge is 0.131 e. The van der Waals surface area contributed by atoms with Crippen molar-refractivity contribution in [2.24, 2.45) is 5.73 Å². The molecular formula is C15H16FNO. The summed E-state index contributed by atoms with van der Waals surface area (Å²) in [5.41, 5.74) is 8.31. The maximum atomic E-state index is 13.4. The molecule has 0 atom stereocenters. The largest absolute Gasteiger partial charge is 0.457 e. The van der Waals surface area contributed by atoms with Crippen molar-refractivity contribution >= 4 is 0 Å². The number of ether oxygens (including phenoxy) is 1. The minimum atomic E-state index is -0.270. The Balaban J connectivity index is 2.30. The molecule has 0 fully saturated rings. The van der Waals surface area contributed by atoms with Gasteiger partial charge in [0.2, 0.25) is 0 Å². The van der Waals surface area contributed by atoms with Gasteiger partial charge in [0.15, 0.2) is 0 Å². The van der Waals surface area contributed by atoms with Crippen molar-refractivity contribution in [1.29, 1.82) is 0 Å². The van der Waals surface area contributed by atoms with Crippen LogP contribution in [0.5, 0.6) is 11.5 Å². The molecule has 0 aliphatic heterocycles. The monoisotopic (exact) mass is 245 g/mol. The standard InChI is InChI=1S/C15H16FNO/c1-10-3-6-15(12(7-10)9-17)18-13-5-4-11(2)14(16)8-13/h3-8H,9,17H2,1-2H3. The van der Waals surface area contributed by atoms with E-state index in [1.165, 1.54) is 6.07 Å². The topological polar surface area (TPSA) is 35.2 Å². The van der Waals surface area contributed by atoms with E-state index in [0.717, 1.165) is 11.1 Å². The van der Waals surface area contributed by atoms with Crippen LogP contribution < -0.4 is 10.5 Å².